The molecular weight excluding hydrogens is 330 g/mol. The van der Waals surface area contributed by atoms with Crippen molar-refractivity contribution in [3.8, 4) is 11.8 Å². The van der Waals surface area contributed by atoms with Crippen LogP contribution in [0.2, 0.25) is 0 Å². The summed E-state index contributed by atoms with van der Waals surface area (Å²) >= 11 is 0. The van der Waals surface area contributed by atoms with Gasteiger partial charge in [0.15, 0.2) is 0 Å². The van der Waals surface area contributed by atoms with Gasteiger partial charge in [0.05, 0.1) is 11.6 Å². The van der Waals surface area contributed by atoms with E-state index in [1.807, 2.05) is 24.3 Å². The highest BCUT2D eigenvalue weighted by molar-refractivity contribution is 5.94. The molecule has 0 aliphatic carbocycles. The van der Waals surface area contributed by atoms with Crippen LogP contribution in [0.15, 0.2) is 54.6 Å². The maximum atomic E-state index is 12.3. The molecule has 0 bridgehead atoms. The van der Waals surface area contributed by atoms with E-state index in [4.69, 9.17) is 10.00 Å². The van der Waals surface area contributed by atoms with Crippen LogP contribution >= 0.6 is 0 Å². The van der Waals surface area contributed by atoms with Crippen LogP contribution in [0.3, 0.4) is 0 Å². The van der Waals surface area contributed by atoms with Crippen molar-refractivity contribution in [3.05, 3.63) is 65.7 Å². The van der Waals surface area contributed by atoms with E-state index in [9.17, 15) is 9.59 Å². The number of para-hydroxylation sites is 1. The van der Waals surface area contributed by atoms with Gasteiger partial charge in [-0.2, -0.15) is 5.26 Å². The second kappa shape index (κ2) is 8.17. The highest BCUT2D eigenvalue weighted by Crippen LogP contribution is 2.15. The van der Waals surface area contributed by atoms with Gasteiger partial charge in [-0.1, -0.05) is 24.3 Å². The number of amides is 2. The van der Waals surface area contributed by atoms with Gasteiger partial charge in [0.2, 0.25) is 0 Å². The Morgan fingerprint density at radius 3 is 2.50 bits per heavy atom. The van der Waals surface area contributed by atoms with Gasteiger partial charge in [-0.05, 0) is 43.2 Å². The van der Waals surface area contributed by atoms with Gasteiger partial charge < -0.3 is 15.0 Å². The number of piperidine rings is 1. The van der Waals surface area contributed by atoms with Crippen LogP contribution in [-0.2, 0) is 0 Å². The topological polar surface area (TPSA) is 82.4 Å². The molecule has 132 valence electrons. The molecule has 0 unspecified atom stereocenters. The average molecular weight is 349 g/mol. The van der Waals surface area contributed by atoms with Gasteiger partial charge in [-0.25, -0.2) is 4.79 Å². The van der Waals surface area contributed by atoms with Gasteiger partial charge in [0.25, 0.3) is 5.91 Å². The number of benzene rings is 2. The lowest BCUT2D eigenvalue weighted by Gasteiger charge is -2.31. The molecule has 1 heterocycles. The summed E-state index contributed by atoms with van der Waals surface area (Å²) in [5.74, 6) is 0.317. The number of hydrogen-bond acceptors (Lipinski definition) is 4. The Hall–Kier alpha value is -3.33. The summed E-state index contributed by atoms with van der Waals surface area (Å²) in [6, 6.07) is 17.6. The molecule has 2 amide bonds. The van der Waals surface area contributed by atoms with Crippen molar-refractivity contribution in [2.24, 2.45) is 0 Å². The number of ether oxygens (including phenoxy) is 1. The molecule has 2 aromatic carbocycles. The Balaban J connectivity index is 1.49. The summed E-state index contributed by atoms with van der Waals surface area (Å²) < 4.78 is 5.33. The molecule has 1 aliphatic heterocycles. The zero-order chi connectivity index (χ0) is 18.4. The van der Waals surface area contributed by atoms with Gasteiger partial charge in [0.1, 0.15) is 5.75 Å². The minimum Gasteiger partial charge on any atom is -0.410 e. The Bertz CT molecular complexity index is 822. The van der Waals surface area contributed by atoms with Crippen LogP contribution in [0.1, 0.15) is 28.8 Å². The number of nitrogens with zero attached hydrogens (tertiary/aromatic N) is 2. The third kappa shape index (κ3) is 4.39. The first-order valence-corrected chi connectivity index (χ1v) is 8.48. The molecule has 0 radical (unpaired) electrons. The lowest BCUT2D eigenvalue weighted by Crippen LogP contribution is -2.47. The molecule has 0 atom stereocenters. The molecule has 0 saturated carbocycles. The first-order chi connectivity index (χ1) is 12.7. The molecule has 26 heavy (non-hydrogen) atoms. The number of nitrogens with one attached hydrogen (secondary N) is 1. The van der Waals surface area contributed by atoms with Crippen molar-refractivity contribution in [2.75, 3.05) is 13.1 Å². The van der Waals surface area contributed by atoms with Gasteiger partial charge in [-0.15, -0.1) is 0 Å². The molecule has 6 nitrogen and oxygen atoms in total. The van der Waals surface area contributed by atoms with E-state index in [0.29, 0.717) is 42.8 Å². The zero-order valence-electron chi connectivity index (χ0n) is 14.2. The van der Waals surface area contributed by atoms with E-state index in [1.165, 1.54) is 0 Å². The molecule has 1 fully saturated rings. The fourth-order valence-corrected chi connectivity index (χ4v) is 2.86. The maximum absolute atomic E-state index is 12.3. The quantitative estimate of drug-likeness (QED) is 0.923. The Kier molecular flexibility index (Phi) is 5.49. The van der Waals surface area contributed by atoms with Crippen LogP contribution < -0.4 is 10.1 Å². The standard InChI is InChI=1S/C20H19N3O3/c21-14-15-5-4-6-16(13-15)19(24)22-17-9-11-23(12-10-17)20(25)26-18-7-2-1-3-8-18/h1-8,13,17H,9-12H2,(H,22,24). The number of rotatable bonds is 3. The van der Waals surface area contributed by atoms with Gasteiger partial charge in [0, 0.05) is 24.7 Å². The summed E-state index contributed by atoms with van der Waals surface area (Å²) in [6.07, 6.45) is 0.948. The van der Waals surface area contributed by atoms with E-state index in [2.05, 4.69) is 5.32 Å². The predicted octanol–water partition coefficient (Wildman–Crippen LogP) is 2.95. The summed E-state index contributed by atoms with van der Waals surface area (Å²) in [5.41, 5.74) is 0.922. The molecule has 1 saturated heterocycles. The molecule has 1 aliphatic rings. The molecule has 1 N–H and O–H groups in total. The van der Waals surface area contributed by atoms with Crippen molar-refractivity contribution < 1.29 is 14.3 Å². The number of hydrogen-bond donors (Lipinski definition) is 1. The first-order valence-electron chi connectivity index (χ1n) is 8.48. The average Bonchev–Trinajstić information content (AvgIpc) is 2.69. The van der Waals surface area contributed by atoms with E-state index >= 15 is 0 Å². The maximum Gasteiger partial charge on any atom is 0.415 e. The Morgan fingerprint density at radius 2 is 1.81 bits per heavy atom. The van der Waals surface area contributed by atoms with Crippen LogP contribution in [-0.4, -0.2) is 36.0 Å². The third-order valence-corrected chi connectivity index (χ3v) is 4.29. The Morgan fingerprint density at radius 1 is 1.08 bits per heavy atom. The van der Waals surface area contributed by atoms with Crippen LogP contribution in [0.5, 0.6) is 5.75 Å². The number of nitriles is 1. The van der Waals surface area contributed by atoms with Crippen molar-refractivity contribution in [1.29, 1.82) is 5.26 Å². The first kappa shape index (κ1) is 17.5. The summed E-state index contributed by atoms with van der Waals surface area (Å²) in [7, 11) is 0. The van der Waals surface area contributed by atoms with Crippen molar-refractivity contribution >= 4 is 12.0 Å². The number of carbonyl (C=O) groups excluding carboxylic acids is 2. The Labute approximate surface area is 152 Å². The summed E-state index contributed by atoms with van der Waals surface area (Å²) in [4.78, 5) is 26.1. The fourth-order valence-electron chi connectivity index (χ4n) is 2.86. The lowest BCUT2D eigenvalue weighted by atomic mass is 10.0. The van der Waals surface area contributed by atoms with E-state index in [-0.39, 0.29) is 18.0 Å². The van der Waals surface area contributed by atoms with Crippen LogP contribution in [0, 0.1) is 11.3 Å². The lowest BCUT2D eigenvalue weighted by molar-refractivity contribution is 0.0910. The zero-order valence-corrected chi connectivity index (χ0v) is 14.2. The molecular formula is C20H19N3O3. The normalized spacial score (nSPS) is 14.3. The third-order valence-electron chi connectivity index (χ3n) is 4.29. The molecule has 0 spiro atoms. The summed E-state index contributed by atoms with van der Waals surface area (Å²) in [5, 5.41) is 11.9. The minimum absolute atomic E-state index is 0.00554. The SMILES string of the molecule is N#Cc1cccc(C(=O)NC2CCN(C(=O)Oc3ccccc3)CC2)c1. The predicted molar refractivity (Wildman–Crippen MR) is 95.7 cm³/mol. The smallest absolute Gasteiger partial charge is 0.410 e. The van der Waals surface area contributed by atoms with Crippen LogP contribution in [0.25, 0.3) is 0 Å². The van der Waals surface area contributed by atoms with Crippen molar-refractivity contribution in [1.82, 2.24) is 10.2 Å². The molecule has 2 aromatic rings. The fraction of sp³-hybridized carbons (Fsp3) is 0.250. The van der Waals surface area contributed by atoms with Gasteiger partial charge in [-0.3, -0.25) is 4.79 Å². The van der Waals surface area contributed by atoms with Crippen molar-refractivity contribution in [3.63, 3.8) is 0 Å². The number of carbonyl (C=O) groups is 2. The monoisotopic (exact) mass is 349 g/mol. The molecule has 6 heteroatoms. The molecule has 0 aromatic heterocycles. The molecule has 3 rings (SSSR count). The summed E-state index contributed by atoms with van der Waals surface area (Å²) in [6.45, 7) is 1.05. The van der Waals surface area contributed by atoms with E-state index in [0.717, 1.165) is 0 Å². The highest BCUT2D eigenvalue weighted by Gasteiger charge is 2.25. The van der Waals surface area contributed by atoms with Gasteiger partial charge >= 0.3 is 6.09 Å². The van der Waals surface area contributed by atoms with E-state index < -0.39 is 0 Å². The van der Waals surface area contributed by atoms with E-state index in [1.54, 1.807) is 41.3 Å². The van der Waals surface area contributed by atoms with Crippen LogP contribution in [0.4, 0.5) is 4.79 Å². The largest absolute Gasteiger partial charge is 0.415 e. The minimum atomic E-state index is -0.373. The number of likely N-dealkylation sites (tertiary alicyclic amines) is 1. The second-order valence-corrected chi connectivity index (χ2v) is 6.11. The second-order valence-electron chi connectivity index (χ2n) is 6.11. The van der Waals surface area contributed by atoms with Crippen molar-refractivity contribution in [2.45, 2.75) is 18.9 Å². The highest BCUT2D eigenvalue weighted by atomic mass is 16.6.